The molecular formula is C25H26N2O4. The Hall–Kier alpha value is -3.28. The molecule has 0 saturated carbocycles. The van der Waals surface area contributed by atoms with E-state index in [4.69, 9.17) is 0 Å². The topological polar surface area (TPSA) is 80.5 Å². The maximum atomic E-state index is 13.4. The molecule has 6 heteroatoms. The summed E-state index contributed by atoms with van der Waals surface area (Å²) in [5.74, 6) is -0.535. The van der Waals surface area contributed by atoms with Crippen molar-refractivity contribution >= 4 is 23.1 Å². The number of anilines is 1. The summed E-state index contributed by atoms with van der Waals surface area (Å²) in [7, 11) is 0. The fraction of sp³-hybridized carbons (Fsp3) is 0.360. The minimum Gasteiger partial charge on any atom is -0.294 e. The van der Waals surface area contributed by atoms with Crippen LogP contribution in [0.4, 0.5) is 11.4 Å². The van der Waals surface area contributed by atoms with Crippen LogP contribution >= 0.6 is 0 Å². The molecule has 31 heavy (non-hydrogen) atoms. The van der Waals surface area contributed by atoms with Crippen molar-refractivity contribution in [2.75, 3.05) is 4.90 Å². The van der Waals surface area contributed by atoms with Gasteiger partial charge in [0, 0.05) is 47.8 Å². The van der Waals surface area contributed by atoms with Crippen LogP contribution in [0, 0.1) is 15.5 Å². The summed E-state index contributed by atoms with van der Waals surface area (Å²) in [5, 5.41) is 11.3. The first-order valence-corrected chi connectivity index (χ1v) is 10.6. The SMILES string of the molecule is CCc1ccc(N2C(=O)CC(c3cccc([N+](=O)[O-])c3)C3=C2CC(C)(C)CC3=O)cc1. The van der Waals surface area contributed by atoms with Gasteiger partial charge in [-0.2, -0.15) is 0 Å². The molecule has 0 radical (unpaired) electrons. The van der Waals surface area contributed by atoms with Gasteiger partial charge in [0.15, 0.2) is 5.78 Å². The summed E-state index contributed by atoms with van der Waals surface area (Å²) in [5.41, 5.74) is 3.65. The van der Waals surface area contributed by atoms with E-state index in [2.05, 4.69) is 6.92 Å². The van der Waals surface area contributed by atoms with Gasteiger partial charge in [-0.1, -0.05) is 45.0 Å². The van der Waals surface area contributed by atoms with Crippen molar-refractivity contribution in [3.8, 4) is 0 Å². The average molecular weight is 418 g/mol. The van der Waals surface area contributed by atoms with Crippen molar-refractivity contribution in [3.63, 3.8) is 0 Å². The van der Waals surface area contributed by atoms with Crippen molar-refractivity contribution in [3.05, 3.63) is 81.0 Å². The Morgan fingerprint density at radius 1 is 1.10 bits per heavy atom. The smallest absolute Gasteiger partial charge is 0.269 e. The molecule has 6 nitrogen and oxygen atoms in total. The van der Waals surface area contributed by atoms with Gasteiger partial charge in [-0.15, -0.1) is 0 Å². The predicted molar refractivity (Wildman–Crippen MR) is 119 cm³/mol. The molecule has 1 unspecified atom stereocenters. The highest BCUT2D eigenvalue weighted by Crippen LogP contribution is 2.48. The number of nitrogens with zero attached hydrogens (tertiary/aromatic N) is 2. The number of allylic oxidation sites excluding steroid dienone is 2. The highest BCUT2D eigenvalue weighted by atomic mass is 16.6. The number of nitro benzene ring substituents is 1. The van der Waals surface area contributed by atoms with Gasteiger partial charge >= 0.3 is 0 Å². The second-order valence-electron chi connectivity index (χ2n) is 9.16. The standard InChI is InChI=1S/C25H26N2O4/c1-4-16-8-10-18(11-9-16)26-21-14-25(2,3)15-22(28)24(21)20(13-23(26)29)17-6-5-7-19(12-17)27(30)31/h5-12,20H,4,13-15H2,1-3H3. The number of rotatable bonds is 4. The molecule has 2 aromatic carbocycles. The Kier molecular flexibility index (Phi) is 5.25. The van der Waals surface area contributed by atoms with E-state index in [0.29, 0.717) is 24.0 Å². The molecule has 1 heterocycles. The molecule has 0 aromatic heterocycles. The third-order valence-electron chi connectivity index (χ3n) is 6.23. The highest BCUT2D eigenvalue weighted by molar-refractivity contribution is 6.07. The summed E-state index contributed by atoms with van der Waals surface area (Å²) in [6.45, 7) is 6.15. The minimum absolute atomic E-state index is 0.0189. The number of carbonyl (C=O) groups excluding carboxylic acids is 2. The van der Waals surface area contributed by atoms with Crippen LogP contribution in [0.5, 0.6) is 0 Å². The number of benzene rings is 2. The van der Waals surface area contributed by atoms with E-state index < -0.39 is 10.8 Å². The summed E-state index contributed by atoms with van der Waals surface area (Å²) in [6.07, 6.45) is 2.01. The quantitative estimate of drug-likeness (QED) is 0.497. The largest absolute Gasteiger partial charge is 0.294 e. The molecule has 0 bridgehead atoms. The fourth-order valence-corrected chi connectivity index (χ4v) is 4.74. The van der Waals surface area contributed by atoms with Crippen LogP contribution in [0.3, 0.4) is 0 Å². The minimum atomic E-state index is -0.461. The number of ketones is 1. The van der Waals surface area contributed by atoms with Crippen molar-refractivity contribution < 1.29 is 14.5 Å². The second-order valence-corrected chi connectivity index (χ2v) is 9.16. The zero-order chi connectivity index (χ0) is 22.3. The van der Waals surface area contributed by atoms with E-state index in [1.807, 2.05) is 38.1 Å². The molecule has 0 saturated heterocycles. The fourth-order valence-electron chi connectivity index (χ4n) is 4.74. The summed E-state index contributed by atoms with van der Waals surface area (Å²) < 4.78 is 0. The first-order chi connectivity index (χ1) is 14.7. The van der Waals surface area contributed by atoms with Crippen molar-refractivity contribution in [2.24, 2.45) is 5.41 Å². The normalized spacial score (nSPS) is 20.6. The first kappa shape index (κ1) is 21.0. The van der Waals surface area contributed by atoms with Gasteiger partial charge in [0.25, 0.3) is 5.69 Å². The van der Waals surface area contributed by atoms with E-state index >= 15 is 0 Å². The molecule has 4 rings (SSSR count). The number of hydrogen-bond donors (Lipinski definition) is 0. The van der Waals surface area contributed by atoms with Gasteiger partial charge in [0.05, 0.1) is 4.92 Å². The molecule has 0 fully saturated rings. The molecule has 1 aliphatic carbocycles. The number of hydrogen-bond acceptors (Lipinski definition) is 4. The molecule has 1 amide bonds. The first-order valence-electron chi connectivity index (χ1n) is 10.6. The molecule has 0 spiro atoms. The van der Waals surface area contributed by atoms with Gasteiger partial charge in [-0.3, -0.25) is 24.6 Å². The van der Waals surface area contributed by atoms with Crippen LogP contribution < -0.4 is 4.90 Å². The zero-order valence-corrected chi connectivity index (χ0v) is 18.1. The third kappa shape index (κ3) is 3.90. The third-order valence-corrected chi connectivity index (χ3v) is 6.23. The number of Topliss-reactive ketones (excluding diaryl/α,β-unsaturated/α-hetero) is 1. The Bertz CT molecular complexity index is 1100. The van der Waals surface area contributed by atoms with Crippen molar-refractivity contribution in [1.82, 2.24) is 0 Å². The molecule has 0 N–H and O–H groups in total. The van der Waals surface area contributed by atoms with E-state index in [1.165, 1.54) is 17.7 Å². The Balaban J connectivity index is 1.87. The lowest BCUT2D eigenvalue weighted by molar-refractivity contribution is -0.384. The van der Waals surface area contributed by atoms with E-state index in [1.54, 1.807) is 17.0 Å². The molecular weight excluding hydrogens is 392 g/mol. The maximum absolute atomic E-state index is 13.4. The van der Waals surface area contributed by atoms with Crippen LogP contribution in [0.25, 0.3) is 0 Å². The number of carbonyl (C=O) groups is 2. The summed E-state index contributed by atoms with van der Waals surface area (Å²) >= 11 is 0. The highest BCUT2D eigenvalue weighted by Gasteiger charge is 2.44. The van der Waals surface area contributed by atoms with Crippen LogP contribution in [-0.4, -0.2) is 16.6 Å². The van der Waals surface area contributed by atoms with Gasteiger partial charge in [0.1, 0.15) is 0 Å². The molecule has 1 aliphatic heterocycles. The van der Waals surface area contributed by atoms with Gasteiger partial charge in [-0.05, 0) is 41.5 Å². The second kappa shape index (κ2) is 7.76. The number of amides is 1. The van der Waals surface area contributed by atoms with Crippen LogP contribution in [-0.2, 0) is 16.0 Å². The van der Waals surface area contributed by atoms with Crippen LogP contribution in [0.1, 0.15) is 57.1 Å². The van der Waals surface area contributed by atoms with Gasteiger partial charge < -0.3 is 0 Å². The lowest BCUT2D eigenvalue weighted by Crippen LogP contribution is -2.43. The molecule has 2 aliphatic rings. The summed E-state index contributed by atoms with van der Waals surface area (Å²) in [4.78, 5) is 39.2. The predicted octanol–water partition coefficient (Wildman–Crippen LogP) is 5.32. The average Bonchev–Trinajstić information content (AvgIpc) is 2.72. The van der Waals surface area contributed by atoms with Crippen LogP contribution in [0.2, 0.25) is 0 Å². The summed E-state index contributed by atoms with van der Waals surface area (Å²) in [6, 6.07) is 14.2. The monoisotopic (exact) mass is 418 g/mol. The molecule has 1 atom stereocenters. The van der Waals surface area contributed by atoms with Gasteiger partial charge in [-0.25, -0.2) is 0 Å². The van der Waals surface area contributed by atoms with E-state index in [-0.39, 0.29) is 29.2 Å². The Morgan fingerprint density at radius 3 is 2.45 bits per heavy atom. The zero-order valence-electron chi connectivity index (χ0n) is 18.1. The number of non-ortho nitro benzene ring substituents is 1. The Labute approximate surface area is 181 Å². The number of aryl methyl sites for hydroxylation is 1. The van der Waals surface area contributed by atoms with Crippen LogP contribution in [0.15, 0.2) is 59.8 Å². The lowest BCUT2D eigenvalue weighted by Gasteiger charge is -2.43. The molecule has 2 aromatic rings. The Morgan fingerprint density at radius 2 is 1.81 bits per heavy atom. The van der Waals surface area contributed by atoms with E-state index in [0.717, 1.165) is 17.8 Å². The van der Waals surface area contributed by atoms with Gasteiger partial charge in [0.2, 0.25) is 5.91 Å². The number of nitro groups is 1. The lowest BCUT2D eigenvalue weighted by atomic mass is 9.69. The van der Waals surface area contributed by atoms with E-state index in [9.17, 15) is 19.7 Å². The van der Waals surface area contributed by atoms with Crippen molar-refractivity contribution in [2.45, 2.75) is 52.4 Å². The van der Waals surface area contributed by atoms with Crippen molar-refractivity contribution in [1.29, 1.82) is 0 Å². The maximum Gasteiger partial charge on any atom is 0.269 e. The molecule has 160 valence electrons.